The molecule has 0 aromatic rings. The van der Waals surface area contributed by atoms with Gasteiger partial charge in [0, 0.05) is 19.7 Å². The van der Waals surface area contributed by atoms with Crippen LogP contribution in [0.4, 0.5) is 0 Å². The molecule has 0 spiro atoms. The van der Waals surface area contributed by atoms with Gasteiger partial charge in [0.1, 0.15) is 0 Å². The van der Waals surface area contributed by atoms with Gasteiger partial charge in [0.2, 0.25) is 0 Å². The smallest absolute Gasteiger partial charge is 0.309 e. The lowest BCUT2D eigenvalue weighted by Crippen LogP contribution is -2.44. The number of ether oxygens (including phenoxy) is 1. The van der Waals surface area contributed by atoms with E-state index in [0.29, 0.717) is 6.54 Å². The van der Waals surface area contributed by atoms with E-state index in [-0.39, 0.29) is 12.6 Å². The molecule has 0 radical (unpaired) electrons. The van der Waals surface area contributed by atoms with Gasteiger partial charge < -0.3 is 20.5 Å². The van der Waals surface area contributed by atoms with Crippen molar-refractivity contribution in [2.45, 2.75) is 32.0 Å². The molecule has 1 saturated heterocycles. The molecule has 2 atom stereocenters. The summed E-state index contributed by atoms with van der Waals surface area (Å²) < 4.78 is 5.29. The van der Waals surface area contributed by atoms with Crippen molar-refractivity contribution in [1.82, 2.24) is 10.6 Å². The van der Waals surface area contributed by atoms with Crippen molar-refractivity contribution in [3.63, 3.8) is 0 Å². The zero-order valence-corrected chi connectivity index (χ0v) is 9.36. The minimum absolute atomic E-state index is 0.0218. The van der Waals surface area contributed by atoms with E-state index < -0.39 is 17.9 Å². The van der Waals surface area contributed by atoms with Crippen LogP contribution in [0.15, 0.2) is 0 Å². The fourth-order valence-corrected chi connectivity index (χ4v) is 1.41. The first kappa shape index (κ1) is 12.9. The van der Waals surface area contributed by atoms with Gasteiger partial charge >= 0.3 is 11.8 Å². The molecule has 0 aromatic heterocycles. The molecule has 0 aromatic carbocycles. The largest absolute Gasteiger partial charge is 0.392 e. The van der Waals surface area contributed by atoms with Crippen LogP contribution < -0.4 is 10.6 Å². The van der Waals surface area contributed by atoms with Gasteiger partial charge in [-0.1, -0.05) is 0 Å². The number of amides is 2. The van der Waals surface area contributed by atoms with Crippen molar-refractivity contribution in [2.75, 3.05) is 19.7 Å². The van der Waals surface area contributed by atoms with Gasteiger partial charge in [-0.05, 0) is 19.8 Å². The first-order chi connectivity index (χ1) is 7.59. The van der Waals surface area contributed by atoms with Crippen LogP contribution in [0.1, 0.15) is 19.8 Å². The molecule has 1 rings (SSSR count). The number of hydrogen-bond acceptors (Lipinski definition) is 4. The normalized spacial score (nSPS) is 21.5. The molecule has 6 heteroatoms. The van der Waals surface area contributed by atoms with Crippen molar-refractivity contribution in [3.8, 4) is 0 Å². The van der Waals surface area contributed by atoms with Gasteiger partial charge in [-0.2, -0.15) is 0 Å². The lowest BCUT2D eigenvalue weighted by atomic mass is 10.2. The Morgan fingerprint density at radius 1 is 1.44 bits per heavy atom. The monoisotopic (exact) mass is 230 g/mol. The second-order valence-electron chi connectivity index (χ2n) is 3.90. The van der Waals surface area contributed by atoms with Crippen LogP contribution in [0.3, 0.4) is 0 Å². The molecule has 16 heavy (non-hydrogen) atoms. The van der Waals surface area contributed by atoms with E-state index in [0.717, 1.165) is 19.4 Å². The summed E-state index contributed by atoms with van der Waals surface area (Å²) >= 11 is 0. The van der Waals surface area contributed by atoms with E-state index >= 15 is 0 Å². The molecule has 2 unspecified atom stereocenters. The third-order valence-corrected chi connectivity index (χ3v) is 2.28. The van der Waals surface area contributed by atoms with Gasteiger partial charge in [0.05, 0.1) is 12.2 Å². The van der Waals surface area contributed by atoms with E-state index in [9.17, 15) is 9.59 Å². The van der Waals surface area contributed by atoms with Crippen molar-refractivity contribution in [1.29, 1.82) is 0 Å². The van der Waals surface area contributed by atoms with E-state index in [1.165, 1.54) is 6.92 Å². The van der Waals surface area contributed by atoms with E-state index in [2.05, 4.69) is 10.6 Å². The van der Waals surface area contributed by atoms with Crippen molar-refractivity contribution in [3.05, 3.63) is 0 Å². The summed E-state index contributed by atoms with van der Waals surface area (Å²) in [5, 5.41) is 13.7. The maximum absolute atomic E-state index is 11.3. The van der Waals surface area contributed by atoms with Crippen LogP contribution >= 0.6 is 0 Å². The molecule has 6 nitrogen and oxygen atoms in total. The van der Waals surface area contributed by atoms with Gasteiger partial charge in [-0.25, -0.2) is 0 Å². The van der Waals surface area contributed by atoms with Crippen LogP contribution in [-0.4, -0.2) is 48.8 Å². The number of rotatable bonds is 4. The van der Waals surface area contributed by atoms with Gasteiger partial charge in [-0.3, -0.25) is 9.59 Å². The van der Waals surface area contributed by atoms with E-state index in [1.54, 1.807) is 0 Å². The van der Waals surface area contributed by atoms with Gasteiger partial charge in [-0.15, -0.1) is 0 Å². The summed E-state index contributed by atoms with van der Waals surface area (Å²) in [4.78, 5) is 22.4. The van der Waals surface area contributed by atoms with Crippen LogP contribution in [0.5, 0.6) is 0 Å². The lowest BCUT2D eigenvalue weighted by Gasteiger charge is -2.11. The maximum Gasteiger partial charge on any atom is 0.309 e. The molecule has 0 saturated carbocycles. The Labute approximate surface area is 94.3 Å². The summed E-state index contributed by atoms with van der Waals surface area (Å²) in [6, 6.07) is 0. The second kappa shape index (κ2) is 6.44. The quantitative estimate of drug-likeness (QED) is 0.528. The number of aliphatic hydroxyl groups is 1. The SMILES string of the molecule is CC(O)CNC(=O)C(=O)NCC1CCCO1. The topological polar surface area (TPSA) is 87.7 Å². The number of hydrogen-bond donors (Lipinski definition) is 3. The summed E-state index contributed by atoms with van der Waals surface area (Å²) in [5.41, 5.74) is 0. The molecular weight excluding hydrogens is 212 g/mol. The average molecular weight is 230 g/mol. The predicted octanol–water partition coefficient (Wildman–Crippen LogP) is -1.22. The van der Waals surface area contributed by atoms with Crippen LogP contribution in [0, 0.1) is 0 Å². The highest BCUT2D eigenvalue weighted by molar-refractivity contribution is 6.35. The highest BCUT2D eigenvalue weighted by atomic mass is 16.5. The first-order valence-corrected chi connectivity index (χ1v) is 5.45. The Balaban J connectivity index is 2.15. The van der Waals surface area contributed by atoms with E-state index in [1.807, 2.05) is 0 Å². The standard InChI is InChI=1S/C10H18N2O4/c1-7(13)5-11-9(14)10(15)12-6-8-3-2-4-16-8/h7-8,13H,2-6H2,1H3,(H,11,14)(H,12,15). The van der Waals surface area contributed by atoms with Gasteiger partial charge in [0.15, 0.2) is 0 Å². The fourth-order valence-electron chi connectivity index (χ4n) is 1.41. The Bertz CT molecular complexity index is 249. The number of nitrogens with one attached hydrogen (secondary N) is 2. The fraction of sp³-hybridized carbons (Fsp3) is 0.800. The van der Waals surface area contributed by atoms with Crippen LogP contribution in [0.25, 0.3) is 0 Å². The van der Waals surface area contributed by atoms with Crippen LogP contribution in [0.2, 0.25) is 0 Å². The summed E-state index contributed by atoms with van der Waals surface area (Å²) in [5.74, 6) is -1.41. The van der Waals surface area contributed by atoms with Crippen molar-refractivity contribution >= 4 is 11.8 Å². The second-order valence-corrected chi connectivity index (χ2v) is 3.90. The predicted molar refractivity (Wildman–Crippen MR) is 56.7 cm³/mol. The van der Waals surface area contributed by atoms with E-state index in [4.69, 9.17) is 9.84 Å². The summed E-state index contributed by atoms with van der Waals surface area (Å²) in [6.45, 7) is 2.69. The third-order valence-electron chi connectivity index (χ3n) is 2.28. The molecular formula is C10H18N2O4. The molecule has 1 fully saturated rings. The average Bonchev–Trinajstić information content (AvgIpc) is 2.75. The Morgan fingerprint density at radius 2 is 2.12 bits per heavy atom. The Hall–Kier alpha value is -1.14. The number of aliphatic hydroxyl groups excluding tert-OH is 1. The Kier molecular flexibility index (Phi) is 5.21. The summed E-state index contributed by atoms with van der Waals surface area (Å²) in [7, 11) is 0. The zero-order chi connectivity index (χ0) is 12.0. The molecule has 3 N–H and O–H groups in total. The molecule has 2 amide bonds. The lowest BCUT2D eigenvalue weighted by molar-refractivity contribution is -0.139. The Morgan fingerprint density at radius 3 is 2.69 bits per heavy atom. The molecule has 0 aliphatic carbocycles. The zero-order valence-electron chi connectivity index (χ0n) is 9.36. The minimum atomic E-state index is -0.723. The van der Waals surface area contributed by atoms with Crippen molar-refractivity contribution in [2.24, 2.45) is 0 Å². The van der Waals surface area contributed by atoms with Crippen LogP contribution in [-0.2, 0) is 14.3 Å². The number of carbonyl (C=O) groups is 2. The molecule has 1 heterocycles. The highest BCUT2D eigenvalue weighted by Crippen LogP contribution is 2.10. The molecule has 92 valence electrons. The maximum atomic E-state index is 11.3. The first-order valence-electron chi connectivity index (χ1n) is 5.45. The molecule has 1 aliphatic rings. The van der Waals surface area contributed by atoms with Crippen molar-refractivity contribution < 1.29 is 19.4 Å². The summed E-state index contributed by atoms with van der Waals surface area (Å²) in [6.07, 6.45) is 1.27. The third kappa shape index (κ3) is 4.59. The van der Waals surface area contributed by atoms with Gasteiger partial charge in [0.25, 0.3) is 0 Å². The number of carbonyl (C=O) groups excluding carboxylic acids is 2. The highest BCUT2D eigenvalue weighted by Gasteiger charge is 2.19. The molecule has 0 bridgehead atoms. The minimum Gasteiger partial charge on any atom is -0.392 e. The molecule has 1 aliphatic heterocycles.